The van der Waals surface area contributed by atoms with Crippen molar-refractivity contribution in [3.05, 3.63) is 82.0 Å². The van der Waals surface area contributed by atoms with Gasteiger partial charge in [0, 0.05) is 17.0 Å². The number of nitrogens with one attached hydrogen (secondary N) is 1. The largest absolute Gasteiger partial charge is 0.447 e. The lowest BCUT2D eigenvalue weighted by Crippen LogP contribution is -2.16. The molecule has 0 bridgehead atoms. The first-order chi connectivity index (χ1) is 14.3. The van der Waals surface area contributed by atoms with E-state index in [-0.39, 0.29) is 6.23 Å². The molecule has 0 aliphatic carbocycles. The number of aromatic nitrogens is 3. The van der Waals surface area contributed by atoms with Crippen LogP contribution in [0.4, 0.5) is 5.69 Å². The minimum atomic E-state index is -0.318. The molecule has 0 unspecified atom stereocenters. The van der Waals surface area contributed by atoms with E-state index in [2.05, 4.69) is 46.0 Å². The normalized spacial score (nSPS) is 14.9. The van der Waals surface area contributed by atoms with E-state index in [4.69, 9.17) is 9.72 Å². The smallest absolute Gasteiger partial charge is 0.247 e. The van der Waals surface area contributed by atoms with Crippen LogP contribution in [0.15, 0.2) is 71.2 Å². The molecule has 0 fully saturated rings. The molecule has 5 nitrogen and oxygen atoms in total. The lowest BCUT2D eigenvalue weighted by atomic mass is 10.1. The Kier molecular flexibility index (Phi) is 4.91. The van der Waals surface area contributed by atoms with Crippen LogP contribution in [0.3, 0.4) is 0 Å². The maximum absolute atomic E-state index is 6.33. The van der Waals surface area contributed by atoms with Gasteiger partial charge in [-0.25, -0.2) is 0 Å². The number of thiophene rings is 1. The highest BCUT2D eigenvalue weighted by Crippen LogP contribution is 2.41. The fraction of sp³-hybridized carbons (Fsp3) is 0.136. The minimum absolute atomic E-state index is 0.318. The van der Waals surface area contributed by atoms with E-state index >= 15 is 0 Å². The van der Waals surface area contributed by atoms with Crippen molar-refractivity contribution in [2.24, 2.45) is 0 Å². The summed E-state index contributed by atoms with van der Waals surface area (Å²) in [6, 6.07) is 20.4. The molecule has 2 aromatic heterocycles. The number of para-hydroxylation sites is 1. The predicted molar refractivity (Wildman–Crippen MR) is 117 cm³/mol. The molecule has 1 atom stereocenters. The molecule has 29 heavy (non-hydrogen) atoms. The summed E-state index contributed by atoms with van der Waals surface area (Å²) in [5.41, 5.74) is 4.97. The third kappa shape index (κ3) is 3.71. The van der Waals surface area contributed by atoms with E-state index in [9.17, 15) is 0 Å². The number of thioether (sulfide) groups is 1. The Morgan fingerprint density at radius 2 is 1.86 bits per heavy atom. The van der Waals surface area contributed by atoms with Crippen LogP contribution in [0.5, 0.6) is 5.88 Å². The third-order valence-corrected chi connectivity index (χ3v) is 6.66. The van der Waals surface area contributed by atoms with Crippen molar-refractivity contribution in [3.8, 4) is 17.1 Å². The van der Waals surface area contributed by atoms with Gasteiger partial charge in [0.2, 0.25) is 17.3 Å². The van der Waals surface area contributed by atoms with Crippen LogP contribution in [0.2, 0.25) is 0 Å². The summed E-state index contributed by atoms with van der Waals surface area (Å²) in [5.74, 6) is 1.29. The zero-order valence-electron chi connectivity index (χ0n) is 15.7. The Morgan fingerprint density at radius 3 is 2.69 bits per heavy atom. The van der Waals surface area contributed by atoms with Gasteiger partial charge in [0.1, 0.15) is 0 Å². The average molecular weight is 419 g/mol. The van der Waals surface area contributed by atoms with Crippen LogP contribution in [0, 0.1) is 6.92 Å². The van der Waals surface area contributed by atoms with Crippen LogP contribution < -0.4 is 10.1 Å². The number of nitrogens with zero attached hydrogens (tertiary/aromatic N) is 3. The van der Waals surface area contributed by atoms with Crippen LogP contribution in [0.1, 0.15) is 22.2 Å². The van der Waals surface area contributed by atoms with Crippen LogP contribution in [0.25, 0.3) is 11.3 Å². The first kappa shape index (κ1) is 18.1. The molecule has 3 heterocycles. The Bertz CT molecular complexity index is 1150. The zero-order valence-corrected chi connectivity index (χ0v) is 17.3. The fourth-order valence-electron chi connectivity index (χ4n) is 3.20. The Balaban J connectivity index is 1.51. The number of hydrogen-bond acceptors (Lipinski definition) is 7. The van der Waals surface area contributed by atoms with Gasteiger partial charge in [0.25, 0.3) is 0 Å². The third-order valence-electron chi connectivity index (χ3n) is 4.68. The van der Waals surface area contributed by atoms with Crippen molar-refractivity contribution >= 4 is 28.8 Å². The molecular weight excluding hydrogens is 400 g/mol. The Hall–Kier alpha value is -2.90. The highest BCUT2D eigenvalue weighted by Gasteiger charge is 2.27. The average Bonchev–Trinajstić information content (AvgIpc) is 3.11. The standard InChI is InChI=1S/C22H18N4OS2/c1-14-11-12-28-19(14)21-23-17-10-6-5-9-16(17)18-20(27-21)24-22(26-25-18)29-13-15-7-3-2-4-8-15/h2-12,21,23H,13H2,1H3/t21-/m1/s1. The highest BCUT2D eigenvalue weighted by molar-refractivity contribution is 7.98. The molecule has 1 aliphatic heterocycles. The van der Waals surface area contributed by atoms with E-state index in [1.54, 1.807) is 23.1 Å². The summed E-state index contributed by atoms with van der Waals surface area (Å²) in [6.07, 6.45) is -0.318. The molecule has 0 spiro atoms. The lowest BCUT2D eigenvalue weighted by Gasteiger charge is -2.18. The number of hydrogen-bond donors (Lipinski definition) is 1. The fourth-order valence-corrected chi connectivity index (χ4v) is 4.84. The van der Waals surface area contributed by atoms with Crippen molar-refractivity contribution in [2.75, 3.05) is 5.32 Å². The molecule has 7 heteroatoms. The number of rotatable bonds is 4. The van der Waals surface area contributed by atoms with E-state index in [1.807, 2.05) is 42.5 Å². The van der Waals surface area contributed by atoms with E-state index in [0.29, 0.717) is 16.7 Å². The van der Waals surface area contributed by atoms with Gasteiger partial charge < -0.3 is 10.1 Å². The van der Waals surface area contributed by atoms with Gasteiger partial charge in [0.05, 0.1) is 4.88 Å². The van der Waals surface area contributed by atoms with Gasteiger partial charge in [-0.05, 0) is 35.6 Å². The van der Waals surface area contributed by atoms with Gasteiger partial charge in [-0.3, -0.25) is 0 Å². The first-order valence-corrected chi connectivity index (χ1v) is 11.1. The number of ether oxygens (including phenoxy) is 1. The SMILES string of the molecule is Cc1ccsc1[C@@H]1Nc2ccccc2-c2nnc(SCc3ccccc3)nc2O1. The zero-order chi connectivity index (χ0) is 19.6. The second kappa shape index (κ2) is 7.85. The number of anilines is 1. The molecule has 0 radical (unpaired) electrons. The molecule has 0 amide bonds. The molecule has 2 aromatic carbocycles. The second-order valence-corrected chi connectivity index (χ2v) is 8.57. The van der Waals surface area contributed by atoms with Gasteiger partial charge >= 0.3 is 0 Å². The Morgan fingerprint density at radius 1 is 1.03 bits per heavy atom. The van der Waals surface area contributed by atoms with Gasteiger partial charge in [-0.2, -0.15) is 4.98 Å². The maximum Gasteiger partial charge on any atom is 0.247 e. The van der Waals surface area contributed by atoms with Crippen molar-refractivity contribution in [3.63, 3.8) is 0 Å². The number of benzene rings is 2. The molecule has 1 aliphatic rings. The maximum atomic E-state index is 6.33. The first-order valence-electron chi connectivity index (χ1n) is 9.26. The summed E-state index contributed by atoms with van der Waals surface area (Å²) in [6.45, 7) is 2.09. The molecule has 4 aromatic rings. The van der Waals surface area contributed by atoms with E-state index in [1.165, 1.54) is 11.1 Å². The van der Waals surface area contributed by atoms with E-state index in [0.717, 1.165) is 21.9 Å². The summed E-state index contributed by atoms with van der Waals surface area (Å²) in [7, 11) is 0. The Labute approximate surface area is 177 Å². The van der Waals surface area contributed by atoms with Crippen molar-refractivity contribution in [1.29, 1.82) is 0 Å². The molecular formula is C22H18N4OS2. The summed E-state index contributed by atoms with van der Waals surface area (Å²) in [4.78, 5) is 5.84. The molecule has 144 valence electrons. The van der Waals surface area contributed by atoms with Gasteiger partial charge in [-0.1, -0.05) is 60.3 Å². The molecule has 0 saturated heterocycles. The lowest BCUT2D eigenvalue weighted by molar-refractivity contribution is 0.228. The highest BCUT2D eigenvalue weighted by atomic mass is 32.2. The van der Waals surface area contributed by atoms with Crippen LogP contribution in [-0.4, -0.2) is 15.2 Å². The molecule has 1 N–H and O–H groups in total. The van der Waals surface area contributed by atoms with Gasteiger partial charge in [0.15, 0.2) is 5.69 Å². The van der Waals surface area contributed by atoms with Crippen molar-refractivity contribution in [2.45, 2.75) is 24.1 Å². The summed E-state index contributed by atoms with van der Waals surface area (Å²) >= 11 is 3.22. The van der Waals surface area contributed by atoms with Crippen molar-refractivity contribution < 1.29 is 4.74 Å². The summed E-state index contributed by atoms with van der Waals surface area (Å²) in [5, 5.41) is 15.0. The molecule has 0 saturated carbocycles. The topological polar surface area (TPSA) is 59.9 Å². The minimum Gasteiger partial charge on any atom is -0.447 e. The summed E-state index contributed by atoms with van der Waals surface area (Å²) < 4.78 is 6.33. The second-order valence-electron chi connectivity index (χ2n) is 6.68. The monoisotopic (exact) mass is 418 g/mol. The predicted octanol–water partition coefficient (Wildman–Crippen LogP) is 5.70. The quantitative estimate of drug-likeness (QED) is 0.429. The van der Waals surface area contributed by atoms with Crippen molar-refractivity contribution in [1.82, 2.24) is 15.2 Å². The van der Waals surface area contributed by atoms with Crippen LogP contribution in [-0.2, 0) is 5.75 Å². The van der Waals surface area contributed by atoms with Crippen LogP contribution >= 0.6 is 23.1 Å². The van der Waals surface area contributed by atoms with E-state index < -0.39 is 0 Å². The number of fused-ring (bicyclic) bond motifs is 3. The number of aryl methyl sites for hydroxylation is 1. The molecule has 5 rings (SSSR count). The van der Waals surface area contributed by atoms with Gasteiger partial charge in [-0.15, -0.1) is 21.5 Å².